The Hall–Kier alpha value is -1.62. The molecule has 0 spiro atoms. The van der Waals surface area contributed by atoms with Crippen LogP contribution in [0.4, 0.5) is 0 Å². The number of amides is 1. The molecular formula is C10H15N3O2. The number of carbonyl (C=O) groups excluding carboxylic acids is 1. The van der Waals surface area contributed by atoms with Crippen molar-refractivity contribution in [2.45, 2.75) is 13.5 Å². The molecule has 2 N–H and O–H groups in total. The summed E-state index contributed by atoms with van der Waals surface area (Å²) in [6, 6.07) is 1.79. The van der Waals surface area contributed by atoms with Gasteiger partial charge in [0.1, 0.15) is 0 Å². The molecule has 1 aromatic heterocycles. The minimum absolute atomic E-state index is 0.0779. The van der Waals surface area contributed by atoms with Crippen molar-refractivity contribution < 1.29 is 9.32 Å². The average Bonchev–Trinajstić information content (AvgIpc) is 2.62. The van der Waals surface area contributed by atoms with Crippen LogP contribution >= 0.6 is 0 Å². The Balaban J connectivity index is 2.19. The second-order valence-electron chi connectivity index (χ2n) is 3.13. The van der Waals surface area contributed by atoms with Crippen molar-refractivity contribution in [1.82, 2.24) is 15.8 Å². The van der Waals surface area contributed by atoms with E-state index in [-0.39, 0.29) is 12.5 Å². The molecule has 0 fully saturated rings. The number of rotatable bonds is 6. The Morgan fingerprint density at radius 3 is 3.13 bits per heavy atom. The third-order valence-corrected chi connectivity index (χ3v) is 1.71. The summed E-state index contributed by atoms with van der Waals surface area (Å²) in [6.45, 7) is 6.64. The first-order valence-electron chi connectivity index (χ1n) is 4.73. The van der Waals surface area contributed by atoms with Crippen LogP contribution in [-0.2, 0) is 11.3 Å². The van der Waals surface area contributed by atoms with Gasteiger partial charge in [-0.3, -0.25) is 4.79 Å². The lowest BCUT2D eigenvalue weighted by molar-refractivity contribution is -0.120. The normalized spacial score (nSPS) is 9.93. The van der Waals surface area contributed by atoms with Gasteiger partial charge < -0.3 is 15.2 Å². The summed E-state index contributed by atoms with van der Waals surface area (Å²) in [7, 11) is 0. The van der Waals surface area contributed by atoms with E-state index in [2.05, 4.69) is 22.4 Å². The van der Waals surface area contributed by atoms with Crippen molar-refractivity contribution in [3.63, 3.8) is 0 Å². The first kappa shape index (κ1) is 11.5. The molecule has 1 aromatic rings. The maximum atomic E-state index is 11.2. The fourth-order valence-electron chi connectivity index (χ4n) is 1.04. The summed E-state index contributed by atoms with van der Waals surface area (Å²) < 4.78 is 4.94. The molecule has 1 heterocycles. The second kappa shape index (κ2) is 5.98. The Bertz CT molecular complexity index is 333. The van der Waals surface area contributed by atoms with Gasteiger partial charge in [-0.2, -0.15) is 0 Å². The van der Waals surface area contributed by atoms with E-state index in [1.165, 1.54) is 0 Å². The molecule has 0 unspecified atom stereocenters. The largest absolute Gasteiger partial charge is 0.359 e. The fourth-order valence-corrected chi connectivity index (χ4v) is 1.04. The summed E-state index contributed by atoms with van der Waals surface area (Å²) in [5.41, 5.74) is 0.809. The first-order chi connectivity index (χ1) is 7.22. The van der Waals surface area contributed by atoms with E-state index < -0.39 is 0 Å². The molecule has 1 amide bonds. The van der Waals surface area contributed by atoms with Crippen LogP contribution in [0.3, 0.4) is 0 Å². The summed E-state index contributed by atoms with van der Waals surface area (Å²) in [4.78, 5) is 11.2. The van der Waals surface area contributed by atoms with Crippen molar-refractivity contribution in [1.29, 1.82) is 0 Å². The van der Waals surface area contributed by atoms with Gasteiger partial charge in [0, 0.05) is 12.6 Å². The van der Waals surface area contributed by atoms with Crippen molar-refractivity contribution in [3.8, 4) is 0 Å². The predicted molar refractivity (Wildman–Crippen MR) is 56.2 cm³/mol. The summed E-state index contributed by atoms with van der Waals surface area (Å²) in [5, 5.41) is 9.32. The van der Waals surface area contributed by atoms with Gasteiger partial charge in [0.2, 0.25) is 5.91 Å². The lowest BCUT2D eigenvalue weighted by Crippen LogP contribution is -2.33. The first-order valence-corrected chi connectivity index (χ1v) is 4.73. The molecule has 0 saturated carbocycles. The topological polar surface area (TPSA) is 67.2 Å². The molecule has 82 valence electrons. The highest BCUT2D eigenvalue weighted by atomic mass is 16.5. The molecule has 1 rings (SSSR count). The van der Waals surface area contributed by atoms with Crippen LogP contribution in [0.5, 0.6) is 0 Å². The maximum Gasteiger partial charge on any atom is 0.234 e. The molecule has 0 bridgehead atoms. The van der Waals surface area contributed by atoms with Gasteiger partial charge >= 0.3 is 0 Å². The molecule has 0 aliphatic heterocycles. The highest BCUT2D eigenvalue weighted by molar-refractivity contribution is 5.77. The quantitative estimate of drug-likeness (QED) is 0.525. The fraction of sp³-hybridized carbons (Fsp3) is 0.400. The lowest BCUT2D eigenvalue weighted by Gasteiger charge is -2.02. The summed E-state index contributed by atoms with van der Waals surface area (Å²) >= 11 is 0. The Kier molecular flexibility index (Phi) is 4.56. The van der Waals surface area contributed by atoms with Gasteiger partial charge in [0.25, 0.3) is 0 Å². The van der Waals surface area contributed by atoms with Crippen molar-refractivity contribution in [3.05, 3.63) is 30.2 Å². The molecular weight excluding hydrogens is 194 g/mol. The van der Waals surface area contributed by atoms with Crippen LogP contribution in [-0.4, -0.2) is 24.2 Å². The zero-order valence-corrected chi connectivity index (χ0v) is 8.75. The van der Waals surface area contributed by atoms with Crippen LogP contribution in [0.2, 0.25) is 0 Å². The third kappa shape index (κ3) is 4.42. The van der Waals surface area contributed by atoms with E-state index in [9.17, 15) is 4.79 Å². The van der Waals surface area contributed by atoms with Crippen LogP contribution in [0.15, 0.2) is 23.2 Å². The lowest BCUT2D eigenvalue weighted by atomic mass is 10.4. The van der Waals surface area contributed by atoms with Crippen molar-refractivity contribution in [2.24, 2.45) is 0 Å². The third-order valence-electron chi connectivity index (χ3n) is 1.71. The van der Waals surface area contributed by atoms with Crippen molar-refractivity contribution in [2.75, 3.05) is 13.1 Å². The Morgan fingerprint density at radius 1 is 1.73 bits per heavy atom. The predicted octanol–water partition coefficient (Wildman–Crippen LogP) is 0.375. The summed E-state index contributed by atoms with van der Waals surface area (Å²) in [6.07, 6.45) is 1.70. The minimum Gasteiger partial charge on any atom is -0.359 e. The number of hydrogen-bond donors (Lipinski definition) is 2. The van der Waals surface area contributed by atoms with Gasteiger partial charge in [-0.25, -0.2) is 0 Å². The second-order valence-corrected chi connectivity index (χ2v) is 3.13. The monoisotopic (exact) mass is 209 g/mol. The molecule has 0 radical (unpaired) electrons. The number of nitrogens with one attached hydrogen (secondary N) is 2. The molecule has 0 saturated heterocycles. The van der Waals surface area contributed by atoms with Crippen LogP contribution in [0.1, 0.15) is 11.5 Å². The van der Waals surface area contributed by atoms with E-state index >= 15 is 0 Å². The van der Waals surface area contributed by atoms with Crippen LogP contribution < -0.4 is 10.6 Å². The van der Waals surface area contributed by atoms with Gasteiger partial charge in [0.15, 0.2) is 5.76 Å². The molecule has 5 nitrogen and oxygen atoms in total. The van der Waals surface area contributed by atoms with E-state index in [1.807, 2.05) is 6.92 Å². The molecule has 0 atom stereocenters. The summed E-state index contributed by atoms with van der Waals surface area (Å²) in [5.74, 6) is 0.579. The highest BCUT2D eigenvalue weighted by Gasteiger charge is 2.03. The number of carbonyl (C=O) groups is 1. The standard InChI is InChI=1S/C10H15N3O2/c1-3-4-11-7-10(14)12-6-9-5-8(2)13-15-9/h3,5,11H,1,4,6-7H2,2H3,(H,12,14). The number of aryl methyl sites for hydroxylation is 1. The smallest absolute Gasteiger partial charge is 0.234 e. The van der Waals surface area contributed by atoms with Crippen LogP contribution in [0.25, 0.3) is 0 Å². The highest BCUT2D eigenvalue weighted by Crippen LogP contribution is 2.00. The zero-order valence-electron chi connectivity index (χ0n) is 8.75. The minimum atomic E-state index is -0.0779. The van der Waals surface area contributed by atoms with Crippen molar-refractivity contribution >= 4 is 5.91 Å². The number of hydrogen-bond acceptors (Lipinski definition) is 4. The number of aromatic nitrogens is 1. The van der Waals surface area contributed by atoms with E-state index in [0.29, 0.717) is 18.8 Å². The maximum absolute atomic E-state index is 11.2. The molecule has 0 aliphatic carbocycles. The van der Waals surface area contributed by atoms with Gasteiger partial charge in [-0.05, 0) is 6.92 Å². The van der Waals surface area contributed by atoms with E-state index in [4.69, 9.17) is 4.52 Å². The van der Waals surface area contributed by atoms with Crippen LogP contribution in [0, 0.1) is 6.92 Å². The average molecular weight is 209 g/mol. The van der Waals surface area contributed by atoms with Gasteiger partial charge in [-0.15, -0.1) is 6.58 Å². The molecule has 5 heteroatoms. The Morgan fingerprint density at radius 2 is 2.53 bits per heavy atom. The Labute approximate surface area is 88.5 Å². The SMILES string of the molecule is C=CCNCC(=O)NCc1cc(C)no1. The van der Waals surface area contributed by atoms with E-state index in [1.54, 1.807) is 12.1 Å². The zero-order chi connectivity index (χ0) is 11.1. The number of nitrogens with zero attached hydrogens (tertiary/aromatic N) is 1. The van der Waals surface area contributed by atoms with Gasteiger partial charge in [0.05, 0.1) is 18.8 Å². The molecule has 15 heavy (non-hydrogen) atoms. The van der Waals surface area contributed by atoms with E-state index in [0.717, 1.165) is 5.69 Å². The molecule has 0 aliphatic rings. The molecule has 0 aromatic carbocycles. The van der Waals surface area contributed by atoms with Gasteiger partial charge in [-0.1, -0.05) is 11.2 Å².